The van der Waals surface area contributed by atoms with Crippen molar-refractivity contribution >= 4 is 0 Å². The second-order valence-corrected chi connectivity index (χ2v) is 5.46. The summed E-state index contributed by atoms with van der Waals surface area (Å²) in [6.45, 7) is -0.585. The molecule has 0 saturated carbocycles. The normalized spacial score (nSPS) is 30.4. The number of aliphatic hydroxyl groups excluding tert-OH is 4. The third-order valence-corrected chi connectivity index (χ3v) is 3.95. The number of benzene rings is 1. The summed E-state index contributed by atoms with van der Waals surface area (Å²) in [5.41, 5.74) is 0.414. The minimum absolute atomic E-state index is 0.387. The summed E-state index contributed by atoms with van der Waals surface area (Å²) in [7, 11) is 2.92. The molecule has 1 aliphatic heterocycles. The molecule has 4 N–H and O–H groups in total. The van der Waals surface area contributed by atoms with Gasteiger partial charge in [0.15, 0.2) is 23.9 Å². The molecule has 1 fully saturated rings. The Labute approximate surface area is 144 Å². The maximum Gasteiger partial charge on any atom is 0.188 e. The van der Waals surface area contributed by atoms with Crippen molar-refractivity contribution in [1.82, 2.24) is 0 Å². The minimum Gasteiger partial charge on any atom is -0.493 e. The predicted molar refractivity (Wildman–Crippen MR) is 82.8 cm³/mol. The molecule has 0 amide bonds. The van der Waals surface area contributed by atoms with Crippen LogP contribution in [0.4, 0.5) is 0 Å². The standard InChI is InChI=1S/C16H21NO8/c1-22-9-4-3-8(5-10(9)23-2)11(6-17)24-16-15(21)14(20)13(19)12(7-18)25-16/h3-5,11-16,18-21H,7H2,1-2H3/t11-,12+,13+,14-,15+,16+/m0/s1. The molecule has 9 heteroatoms. The Hall–Kier alpha value is -1.93. The van der Waals surface area contributed by atoms with E-state index in [0.717, 1.165) is 0 Å². The molecule has 6 atom stereocenters. The molecular formula is C16H21NO8. The fourth-order valence-corrected chi connectivity index (χ4v) is 2.51. The Morgan fingerprint density at radius 2 is 1.80 bits per heavy atom. The maximum atomic E-state index is 10.00. The molecule has 9 nitrogen and oxygen atoms in total. The second-order valence-electron chi connectivity index (χ2n) is 5.46. The number of nitriles is 1. The third kappa shape index (κ3) is 4.01. The monoisotopic (exact) mass is 355 g/mol. The smallest absolute Gasteiger partial charge is 0.188 e. The average Bonchev–Trinajstić information content (AvgIpc) is 2.65. The van der Waals surface area contributed by atoms with E-state index in [4.69, 9.17) is 18.9 Å². The molecule has 25 heavy (non-hydrogen) atoms. The lowest BCUT2D eigenvalue weighted by atomic mass is 9.99. The van der Waals surface area contributed by atoms with Crippen LogP contribution in [0.5, 0.6) is 11.5 Å². The van der Waals surface area contributed by atoms with Crippen molar-refractivity contribution in [3.05, 3.63) is 23.8 Å². The zero-order valence-electron chi connectivity index (χ0n) is 13.8. The van der Waals surface area contributed by atoms with Crippen molar-refractivity contribution in [2.24, 2.45) is 0 Å². The van der Waals surface area contributed by atoms with E-state index in [-0.39, 0.29) is 0 Å². The zero-order valence-corrected chi connectivity index (χ0v) is 13.8. The van der Waals surface area contributed by atoms with Gasteiger partial charge in [-0.2, -0.15) is 5.26 Å². The molecule has 0 aliphatic carbocycles. The van der Waals surface area contributed by atoms with Crippen molar-refractivity contribution in [2.75, 3.05) is 20.8 Å². The van der Waals surface area contributed by atoms with E-state index in [1.165, 1.54) is 20.3 Å². The Kier molecular flexibility index (Phi) is 6.55. The largest absolute Gasteiger partial charge is 0.493 e. The molecule has 1 aromatic rings. The van der Waals surface area contributed by atoms with Crippen LogP contribution in [0, 0.1) is 11.3 Å². The molecule has 0 radical (unpaired) electrons. The van der Waals surface area contributed by atoms with Crippen LogP contribution in [-0.2, 0) is 9.47 Å². The van der Waals surface area contributed by atoms with Crippen molar-refractivity contribution in [1.29, 1.82) is 5.26 Å². The molecule has 1 saturated heterocycles. The molecule has 0 bridgehead atoms. The number of methoxy groups -OCH3 is 2. The van der Waals surface area contributed by atoms with Crippen LogP contribution in [0.3, 0.4) is 0 Å². The van der Waals surface area contributed by atoms with E-state index in [9.17, 15) is 25.7 Å². The Balaban J connectivity index is 2.20. The Morgan fingerprint density at radius 3 is 2.36 bits per heavy atom. The van der Waals surface area contributed by atoms with Crippen molar-refractivity contribution in [2.45, 2.75) is 36.8 Å². The van der Waals surface area contributed by atoms with Gasteiger partial charge in [-0.1, -0.05) is 6.07 Å². The van der Waals surface area contributed by atoms with E-state index in [2.05, 4.69) is 0 Å². The Morgan fingerprint density at radius 1 is 1.12 bits per heavy atom. The number of ether oxygens (including phenoxy) is 4. The van der Waals surface area contributed by atoms with Gasteiger partial charge < -0.3 is 39.4 Å². The number of nitrogens with zero attached hydrogens (tertiary/aromatic N) is 1. The van der Waals surface area contributed by atoms with Gasteiger partial charge in [-0.15, -0.1) is 0 Å². The fraction of sp³-hybridized carbons (Fsp3) is 0.562. The van der Waals surface area contributed by atoms with Gasteiger partial charge >= 0.3 is 0 Å². The lowest BCUT2D eigenvalue weighted by Gasteiger charge is -2.40. The quantitative estimate of drug-likeness (QED) is 0.510. The summed E-state index contributed by atoms with van der Waals surface area (Å²) >= 11 is 0. The fourth-order valence-electron chi connectivity index (χ4n) is 2.51. The van der Waals surface area contributed by atoms with Crippen LogP contribution in [0.2, 0.25) is 0 Å². The molecule has 1 aromatic carbocycles. The first-order valence-corrected chi connectivity index (χ1v) is 7.54. The van der Waals surface area contributed by atoms with Gasteiger partial charge in [0, 0.05) is 0 Å². The van der Waals surface area contributed by atoms with Gasteiger partial charge in [-0.25, -0.2) is 0 Å². The summed E-state index contributed by atoms with van der Waals surface area (Å²) < 4.78 is 21.0. The first-order chi connectivity index (χ1) is 12.0. The van der Waals surface area contributed by atoms with E-state index >= 15 is 0 Å². The molecule has 1 heterocycles. The topological polar surface area (TPSA) is 142 Å². The van der Waals surface area contributed by atoms with Gasteiger partial charge in [0.05, 0.1) is 26.9 Å². The van der Waals surface area contributed by atoms with Gasteiger partial charge in [-0.3, -0.25) is 0 Å². The average molecular weight is 355 g/mol. The van der Waals surface area contributed by atoms with Crippen molar-refractivity contribution in [3.63, 3.8) is 0 Å². The summed E-state index contributed by atoms with van der Waals surface area (Å²) in [5, 5.41) is 48.1. The van der Waals surface area contributed by atoms with Gasteiger partial charge in [0.25, 0.3) is 0 Å². The zero-order chi connectivity index (χ0) is 18.6. The molecule has 2 rings (SSSR count). The number of hydrogen-bond acceptors (Lipinski definition) is 9. The minimum atomic E-state index is -1.59. The SMILES string of the molecule is COc1ccc([C@H](C#N)O[C@@H]2O[C@H](CO)[C@@H](O)[C@H](O)[C@H]2O)cc1OC. The van der Waals surface area contributed by atoms with Crippen LogP contribution in [-0.4, -0.2) is 72.0 Å². The second kappa shape index (κ2) is 8.44. The van der Waals surface area contributed by atoms with Gasteiger partial charge in [0.2, 0.25) is 0 Å². The van der Waals surface area contributed by atoms with E-state index in [1.54, 1.807) is 12.1 Å². The highest BCUT2D eigenvalue weighted by atomic mass is 16.7. The van der Waals surface area contributed by atoms with E-state index < -0.39 is 43.4 Å². The van der Waals surface area contributed by atoms with Crippen LogP contribution in [0.25, 0.3) is 0 Å². The van der Waals surface area contributed by atoms with Gasteiger partial charge in [-0.05, 0) is 17.7 Å². The van der Waals surface area contributed by atoms with Gasteiger partial charge in [0.1, 0.15) is 24.4 Å². The lowest BCUT2D eigenvalue weighted by molar-refractivity contribution is -0.307. The third-order valence-electron chi connectivity index (χ3n) is 3.95. The molecule has 138 valence electrons. The molecule has 0 aromatic heterocycles. The highest BCUT2D eigenvalue weighted by Gasteiger charge is 2.45. The summed E-state index contributed by atoms with van der Waals surface area (Å²) in [5.74, 6) is 0.855. The van der Waals surface area contributed by atoms with E-state index in [1.807, 2.05) is 6.07 Å². The first kappa shape index (κ1) is 19.4. The number of aliphatic hydroxyl groups is 4. The maximum absolute atomic E-state index is 10.00. The highest BCUT2D eigenvalue weighted by molar-refractivity contribution is 5.44. The summed E-state index contributed by atoms with van der Waals surface area (Å²) in [4.78, 5) is 0. The number of hydrogen-bond donors (Lipinski definition) is 4. The molecule has 0 unspecified atom stereocenters. The Bertz CT molecular complexity index is 617. The predicted octanol–water partition coefficient (Wildman–Crippen LogP) is -0.915. The van der Waals surface area contributed by atoms with Crippen LogP contribution in [0.1, 0.15) is 11.7 Å². The first-order valence-electron chi connectivity index (χ1n) is 7.54. The van der Waals surface area contributed by atoms with Crippen molar-refractivity contribution in [3.8, 4) is 17.6 Å². The van der Waals surface area contributed by atoms with Crippen LogP contribution in [0.15, 0.2) is 18.2 Å². The van der Waals surface area contributed by atoms with Crippen LogP contribution >= 0.6 is 0 Å². The van der Waals surface area contributed by atoms with Crippen LogP contribution < -0.4 is 9.47 Å². The molecular weight excluding hydrogens is 334 g/mol. The molecule has 0 spiro atoms. The van der Waals surface area contributed by atoms with E-state index in [0.29, 0.717) is 17.1 Å². The number of rotatable bonds is 6. The summed E-state index contributed by atoms with van der Waals surface area (Å²) in [6.07, 6.45) is -8.35. The summed E-state index contributed by atoms with van der Waals surface area (Å²) in [6, 6.07) is 6.63. The molecule has 1 aliphatic rings. The highest BCUT2D eigenvalue weighted by Crippen LogP contribution is 2.33. The lowest BCUT2D eigenvalue weighted by Crippen LogP contribution is -2.59. The van der Waals surface area contributed by atoms with Crippen molar-refractivity contribution < 1.29 is 39.4 Å².